The number of rotatable bonds is 3. The Balaban J connectivity index is 1.86. The van der Waals surface area contributed by atoms with Gasteiger partial charge in [0.1, 0.15) is 5.75 Å². The van der Waals surface area contributed by atoms with E-state index < -0.39 is 0 Å². The van der Waals surface area contributed by atoms with E-state index in [1.165, 1.54) is 22.3 Å². The normalized spacial score (nSPS) is 22.0. The zero-order chi connectivity index (χ0) is 15.1. The number of aryl methyl sites for hydroxylation is 1. The highest BCUT2D eigenvalue weighted by Gasteiger charge is 2.35. The van der Waals surface area contributed by atoms with E-state index in [9.17, 15) is 9.50 Å². The molecule has 1 nitrogen and oxygen atoms in total. The molecule has 0 aliphatic heterocycles. The first-order chi connectivity index (χ1) is 10.8. The van der Waals surface area contributed by atoms with Crippen LogP contribution in [0.2, 0.25) is 0 Å². The molecule has 0 aromatic heterocycles. The number of aromatic hydroxyl groups is 1. The third-order valence-corrected chi connectivity index (χ3v) is 5.47. The number of hydrogen-bond acceptors (Lipinski definition) is 1. The van der Waals surface area contributed by atoms with Gasteiger partial charge in [0.15, 0.2) is 0 Å². The van der Waals surface area contributed by atoms with Gasteiger partial charge < -0.3 is 5.11 Å². The van der Waals surface area contributed by atoms with E-state index in [1.807, 2.05) is 6.07 Å². The molecule has 22 heavy (non-hydrogen) atoms. The Labute approximate surface area is 130 Å². The van der Waals surface area contributed by atoms with Gasteiger partial charge in [-0.05, 0) is 72.3 Å². The molecule has 1 N–H and O–H groups in total. The van der Waals surface area contributed by atoms with Crippen molar-refractivity contribution in [3.05, 3.63) is 53.1 Å². The average molecular weight is 296 g/mol. The summed E-state index contributed by atoms with van der Waals surface area (Å²) in [6.07, 6.45) is 4.87. The Morgan fingerprint density at radius 2 is 1.91 bits per heavy atom. The number of halogens is 1. The van der Waals surface area contributed by atoms with Gasteiger partial charge in [0, 0.05) is 5.56 Å². The lowest BCUT2D eigenvalue weighted by atomic mass is 9.65. The predicted molar refractivity (Wildman–Crippen MR) is 87.0 cm³/mol. The Morgan fingerprint density at radius 3 is 2.77 bits per heavy atom. The molecule has 0 saturated heterocycles. The van der Waals surface area contributed by atoms with Gasteiger partial charge in [-0.1, -0.05) is 30.3 Å². The molecule has 1 unspecified atom stereocenters. The summed E-state index contributed by atoms with van der Waals surface area (Å²) < 4.78 is 12.6. The molecule has 0 heterocycles. The van der Waals surface area contributed by atoms with E-state index in [1.54, 1.807) is 6.07 Å². The fourth-order valence-electron chi connectivity index (χ4n) is 4.52. The van der Waals surface area contributed by atoms with Crippen molar-refractivity contribution < 1.29 is 9.50 Å². The van der Waals surface area contributed by atoms with Gasteiger partial charge in [-0.25, -0.2) is 0 Å². The van der Waals surface area contributed by atoms with Crippen molar-refractivity contribution in [3.63, 3.8) is 0 Å². The SMILES string of the molecule is Oc1cccc2c1-c1cccc3c1[C@@H](C2)C(CCCF)CC3. The molecule has 0 fully saturated rings. The lowest BCUT2D eigenvalue weighted by Crippen LogP contribution is -2.26. The van der Waals surface area contributed by atoms with Gasteiger partial charge in [-0.2, -0.15) is 0 Å². The van der Waals surface area contributed by atoms with Crippen LogP contribution in [0.4, 0.5) is 4.39 Å². The predicted octanol–water partition coefficient (Wildman–Crippen LogP) is 5.01. The summed E-state index contributed by atoms with van der Waals surface area (Å²) in [5.74, 6) is 1.44. The third-order valence-electron chi connectivity index (χ3n) is 5.47. The van der Waals surface area contributed by atoms with Crippen LogP contribution in [0.3, 0.4) is 0 Å². The molecule has 0 radical (unpaired) electrons. The summed E-state index contributed by atoms with van der Waals surface area (Å²) in [6, 6.07) is 12.3. The maximum Gasteiger partial charge on any atom is 0.123 e. The topological polar surface area (TPSA) is 20.2 Å². The summed E-state index contributed by atoms with van der Waals surface area (Å²) in [7, 11) is 0. The molecular formula is C20H21FO. The highest BCUT2D eigenvalue weighted by molar-refractivity contribution is 5.80. The monoisotopic (exact) mass is 296 g/mol. The Bertz CT molecular complexity index is 707. The van der Waals surface area contributed by atoms with Crippen LogP contribution in [0.15, 0.2) is 36.4 Å². The van der Waals surface area contributed by atoms with Gasteiger partial charge in [0.2, 0.25) is 0 Å². The van der Waals surface area contributed by atoms with Crippen LogP contribution in [-0.4, -0.2) is 11.8 Å². The lowest BCUT2D eigenvalue weighted by molar-refractivity contribution is 0.318. The third kappa shape index (κ3) is 2.05. The van der Waals surface area contributed by atoms with Crippen LogP contribution < -0.4 is 0 Å². The molecule has 2 aromatic carbocycles. The smallest absolute Gasteiger partial charge is 0.123 e. The van der Waals surface area contributed by atoms with Crippen LogP contribution in [0, 0.1) is 5.92 Å². The van der Waals surface area contributed by atoms with Crippen molar-refractivity contribution in [3.8, 4) is 16.9 Å². The molecule has 0 bridgehead atoms. The fraction of sp³-hybridized carbons (Fsp3) is 0.400. The van der Waals surface area contributed by atoms with Gasteiger partial charge in [0.25, 0.3) is 0 Å². The lowest BCUT2D eigenvalue weighted by Gasteiger charge is -2.39. The average Bonchev–Trinajstić information content (AvgIpc) is 2.54. The molecular weight excluding hydrogens is 275 g/mol. The molecule has 2 atom stereocenters. The van der Waals surface area contributed by atoms with E-state index >= 15 is 0 Å². The van der Waals surface area contributed by atoms with Crippen LogP contribution >= 0.6 is 0 Å². The first kappa shape index (κ1) is 13.8. The number of phenolic OH excluding ortho intramolecular Hbond substituents is 1. The number of fused-ring (bicyclic) bond motifs is 2. The summed E-state index contributed by atoms with van der Waals surface area (Å²) in [4.78, 5) is 0. The number of alkyl halides is 1. The Kier molecular flexibility index (Phi) is 3.40. The second-order valence-corrected chi connectivity index (χ2v) is 6.63. The van der Waals surface area contributed by atoms with Crippen LogP contribution in [-0.2, 0) is 12.8 Å². The molecule has 4 rings (SSSR count). The zero-order valence-electron chi connectivity index (χ0n) is 12.7. The molecule has 0 spiro atoms. The van der Waals surface area contributed by atoms with Gasteiger partial charge in [0.05, 0.1) is 6.67 Å². The van der Waals surface area contributed by atoms with E-state index in [0.29, 0.717) is 24.0 Å². The number of hydrogen-bond donors (Lipinski definition) is 1. The second-order valence-electron chi connectivity index (χ2n) is 6.63. The maximum absolute atomic E-state index is 12.6. The van der Waals surface area contributed by atoms with E-state index in [-0.39, 0.29) is 6.67 Å². The van der Waals surface area contributed by atoms with E-state index in [4.69, 9.17) is 0 Å². The minimum absolute atomic E-state index is 0.213. The maximum atomic E-state index is 12.6. The van der Waals surface area contributed by atoms with Gasteiger partial charge in [-0.15, -0.1) is 0 Å². The standard InChI is InChI=1S/C20H21FO/c21-11-3-6-13-9-10-14-4-1-7-16-19(14)17(13)12-15-5-2-8-18(22)20(15)16/h1-2,4-5,7-8,13,17,22H,3,6,9-12H2/t13?,17-/m0/s1. The molecule has 2 aliphatic carbocycles. The highest BCUT2D eigenvalue weighted by atomic mass is 19.1. The van der Waals surface area contributed by atoms with Crippen molar-refractivity contribution >= 4 is 0 Å². The molecule has 0 amide bonds. The summed E-state index contributed by atoms with van der Waals surface area (Å²) >= 11 is 0. The first-order valence-corrected chi connectivity index (χ1v) is 8.28. The minimum Gasteiger partial charge on any atom is -0.507 e. The summed E-state index contributed by atoms with van der Waals surface area (Å²) in [5.41, 5.74) is 6.30. The number of benzene rings is 2. The van der Waals surface area contributed by atoms with Crippen molar-refractivity contribution in [1.82, 2.24) is 0 Å². The van der Waals surface area contributed by atoms with Crippen molar-refractivity contribution in [2.45, 2.75) is 38.0 Å². The second kappa shape index (κ2) is 5.42. The fourth-order valence-corrected chi connectivity index (χ4v) is 4.52. The molecule has 2 aliphatic rings. The minimum atomic E-state index is -0.213. The van der Waals surface area contributed by atoms with Crippen molar-refractivity contribution in [2.75, 3.05) is 6.67 Å². The summed E-state index contributed by atoms with van der Waals surface area (Å²) in [6.45, 7) is -0.213. The van der Waals surface area contributed by atoms with Crippen molar-refractivity contribution in [1.29, 1.82) is 0 Å². The molecule has 2 aromatic rings. The molecule has 0 saturated carbocycles. The van der Waals surface area contributed by atoms with Crippen LogP contribution in [0.1, 0.15) is 41.9 Å². The zero-order valence-corrected chi connectivity index (χ0v) is 12.7. The van der Waals surface area contributed by atoms with Crippen LogP contribution in [0.25, 0.3) is 11.1 Å². The molecule has 114 valence electrons. The summed E-state index contributed by atoms with van der Waals surface area (Å²) in [5, 5.41) is 10.3. The van der Waals surface area contributed by atoms with E-state index in [2.05, 4.69) is 24.3 Å². The highest BCUT2D eigenvalue weighted by Crippen LogP contribution is 2.51. The molecule has 2 heteroatoms. The van der Waals surface area contributed by atoms with Crippen LogP contribution in [0.5, 0.6) is 5.75 Å². The van der Waals surface area contributed by atoms with Gasteiger partial charge in [-0.3, -0.25) is 4.39 Å². The number of phenols is 1. The van der Waals surface area contributed by atoms with E-state index in [0.717, 1.165) is 31.2 Å². The van der Waals surface area contributed by atoms with Crippen molar-refractivity contribution in [2.24, 2.45) is 5.92 Å². The Morgan fingerprint density at radius 1 is 1.09 bits per heavy atom. The first-order valence-electron chi connectivity index (χ1n) is 8.28. The Hall–Kier alpha value is -1.83. The van der Waals surface area contributed by atoms with Gasteiger partial charge >= 0.3 is 0 Å². The largest absolute Gasteiger partial charge is 0.507 e. The quantitative estimate of drug-likeness (QED) is 0.844.